The van der Waals surface area contributed by atoms with Gasteiger partial charge < -0.3 is 9.84 Å². The van der Waals surface area contributed by atoms with Crippen molar-refractivity contribution in [2.75, 3.05) is 19.7 Å². The van der Waals surface area contributed by atoms with E-state index < -0.39 is 24.0 Å². The van der Waals surface area contributed by atoms with E-state index in [4.69, 9.17) is 9.84 Å². The molecule has 0 bridgehead atoms. The minimum Gasteiger partial charge on any atom is -0.493 e. The molecule has 2 aliphatic rings. The van der Waals surface area contributed by atoms with Gasteiger partial charge in [-0.3, -0.25) is 9.69 Å². The molecular weight excluding hydrogens is 359 g/mol. The van der Waals surface area contributed by atoms with Gasteiger partial charge in [0.05, 0.1) is 18.4 Å². The summed E-state index contributed by atoms with van der Waals surface area (Å²) in [7, 11) is 0. The average Bonchev–Trinajstić information content (AvgIpc) is 3.06. The Balaban J connectivity index is 1.58. The molecular formula is C20H26F3NO3. The molecule has 1 saturated carbocycles. The largest absolute Gasteiger partial charge is 0.493 e. The molecule has 4 nitrogen and oxygen atoms in total. The van der Waals surface area contributed by atoms with Crippen molar-refractivity contribution in [1.29, 1.82) is 0 Å². The number of ether oxygens (including phenoxy) is 1. The van der Waals surface area contributed by atoms with Crippen molar-refractivity contribution >= 4 is 5.97 Å². The Hall–Kier alpha value is -1.76. The quantitative estimate of drug-likeness (QED) is 0.791. The fraction of sp³-hybridized carbons (Fsp3) is 0.650. The number of carbonyl (C=O) groups is 1. The molecule has 0 aromatic heterocycles. The van der Waals surface area contributed by atoms with Crippen LogP contribution in [0.4, 0.5) is 13.2 Å². The van der Waals surface area contributed by atoms with Crippen molar-refractivity contribution in [3.63, 3.8) is 0 Å². The predicted octanol–water partition coefficient (Wildman–Crippen LogP) is 4.34. The van der Waals surface area contributed by atoms with Gasteiger partial charge in [0.15, 0.2) is 0 Å². The number of carboxylic acids is 1. The highest BCUT2D eigenvalue weighted by Gasteiger charge is 2.52. The van der Waals surface area contributed by atoms with E-state index in [0.29, 0.717) is 12.5 Å². The van der Waals surface area contributed by atoms with Crippen molar-refractivity contribution in [2.24, 2.45) is 17.8 Å². The minimum absolute atomic E-state index is 0.0906. The topological polar surface area (TPSA) is 49.8 Å². The number of halogens is 3. The molecule has 0 unspecified atom stereocenters. The third-order valence-electron chi connectivity index (χ3n) is 5.65. The van der Waals surface area contributed by atoms with E-state index in [1.807, 2.05) is 24.3 Å². The van der Waals surface area contributed by atoms with E-state index in [1.54, 1.807) is 4.90 Å². The summed E-state index contributed by atoms with van der Waals surface area (Å²) in [6.45, 7) is 0.585. The van der Waals surface area contributed by atoms with Gasteiger partial charge in [0.2, 0.25) is 0 Å². The summed E-state index contributed by atoms with van der Waals surface area (Å²) in [5, 5.41) is 9.12. The van der Waals surface area contributed by atoms with Crippen LogP contribution < -0.4 is 4.74 Å². The zero-order chi connectivity index (χ0) is 19.4. The normalized spacial score (nSPS) is 24.9. The van der Waals surface area contributed by atoms with Crippen molar-refractivity contribution in [1.82, 2.24) is 4.90 Å². The number of alkyl halides is 3. The van der Waals surface area contributed by atoms with Crippen LogP contribution in [0.25, 0.3) is 0 Å². The molecule has 1 N–H and O–H groups in total. The molecule has 0 radical (unpaired) electrons. The average molecular weight is 385 g/mol. The highest BCUT2D eigenvalue weighted by atomic mass is 19.4. The fourth-order valence-electron chi connectivity index (χ4n) is 4.16. The van der Waals surface area contributed by atoms with E-state index in [-0.39, 0.29) is 19.6 Å². The van der Waals surface area contributed by atoms with Crippen LogP contribution in [0, 0.1) is 17.8 Å². The van der Waals surface area contributed by atoms with E-state index in [2.05, 4.69) is 0 Å². The maximum atomic E-state index is 13.1. The maximum absolute atomic E-state index is 13.1. The van der Waals surface area contributed by atoms with E-state index in [9.17, 15) is 18.0 Å². The van der Waals surface area contributed by atoms with Crippen molar-refractivity contribution in [3.8, 4) is 5.75 Å². The van der Waals surface area contributed by atoms with Crippen molar-refractivity contribution in [3.05, 3.63) is 29.8 Å². The van der Waals surface area contributed by atoms with Crippen molar-refractivity contribution < 1.29 is 27.8 Å². The molecule has 1 saturated heterocycles. The Morgan fingerprint density at radius 1 is 1.19 bits per heavy atom. The minimum atomic E-state index is -4.50. The van der Waals surface area contributed by atoms with Gasteiger partial charge in [-0.2, -0.15) is 13.2 Å². The zero-order valence-electron chi connectivity index (χ0n) is 15.3. The maximum Gasteiger partial charge on any atom is 0.393 e. The first-order valence-corrected chi connectivity index (χ1v) is 9.56. The number of likely N-dealkylation sites (tertiary alicyclic amines) is 1. The summed E-state index contributed by atoms with van der Waals surface area (Å²) in [5.74, 6) is -3.31. The Morgan fingerprint density at radius 2 is 1.93 bits per heavy atom. The van der Waals surface area contributed by atoms with Gasteiger partial charge in [-0.25, -0.2) is 0 Å². The monoisotopic (exact) mass is 385 g/mol. The van der Waals surface area contributed by atoms with E-state index in [1.165, 1.54) is 32.1 Å². The highest BCUT2D eigenvalue weighted by Crippen LogP contribution is 2.38. The molecule has 3 rings (SSSR count). The Kier molecular flexibility index (Phi) is 6.29. The number of hydrogen-bond donors (Lipinski definition) is 1. The van der Waals surface area contributed by atoms with Crippen LogP contribution in [0.2, 0.25) is 0 Å². The lowest BCUT2D eigenvalue weighted by Crippen LogP contribution is -2.33. The van der Waals surface area contributed by atoms with Gasteiger partial charge in [-0.1, -0.05) is 31.4 Å². The second kappa shape index (κ2) is 8.50. The number of nitrogens with zero attached hydrogens (tertiary/aromatic N) is 1. The summed E-state index contributed by atoms with van der Waals surface area (Å²) in [6.07, 6.45) is 1.65. The van der Waals surface area contributed by atoms with Gasteiger partial charge in [-0.15, -0.1) is 0 Å². The molecule has 7 heteroatoms. The number of hydrogen-bond acceptors (Lipinski definition) is 3. The Labute approximate surface area is 157 Å². The molecule has 2 atom stereocenters. The smallest absolute Gasteiger partial charge is 0.393 e. The first-order chi connectivity index (χ1) is 12.8. The van der Waals surface area contributed by atoms with Crippen LogP contribution in [0.15, 0.2) is 24.3 Å². The fourth-order valence-corrected chi connectivity index (χ4v) is 4.16. The lowest BCUT2D eigenvalue weighted by atomic mass is 9.90. The number of carboxylic acid groups (broad SMARTS) is 1. The molecule has 1 aliphatic carbocycles. The first kappa shape index (κ1) is 20.0. The summed E-state index contributed by atoms with van der Waals surface area (Å²) >= 11 is 0. The SMILES string of the molecule is O=C(O)[C@@H]1CN(Cc2cccc(OCC3CCCCC3)c2)C[C@H]1C(F)(F)F. The van der Waals surface area contributed by atoms with Crippen molar-refractivity contribution in [2.45, 2.75) is 44.8 Å². The number of rotatable bonds is 6. The highest BCUT2D eigenvalue weighted by molar-refractivity contribution is 5.71. The molecule has 1 aromatic rings. The third-order valence-corrected chi connectivity index (χ3v) is 5.65. The number of aliphatic carboxylic acids is 1. The lowest BCUT2D eigenvalue weighted by Gasteiger charge is -2.22. The van der Waals surface area contributed by atoms with Crippen LogP contribution in [-0.2, 0) is 11.3 Å². The number of benzene rings is 1. The van der Waals surface area contributed by atoms with Crippen LogP contribution in [0.5, 0.6) is 5.75 Å². The molecule has 1 heterocycles. The third kappa shape index (κ3) is 5.37. The van der Waals surface area contributed by atoms with Gasteiger partial charge in [0.25, 0.3) is 0 Å². The van der Waals surface area contributed by atoms with E-state index in [0.717, 1.165) is 11.3 Å². The summed E-state index contributed by atoms with van der Waals surface area (Å²) in [4.78, 5) is 12.8. The molecule has 150 valence electrons. The van der Waals surface area contributed by atoms with Gasteiger partial charge in [-0.05, 0) is 36.5 Å². The second-order valence-corrected chi connectivity index (χ2v) is 7.75. The molecule has 0 spiro atoms. The molecule has 2 fully saturated rings. The molecule has 1 aromatic carbocycles. The van der Waals surface area contributed by atoms with Crippen LogP contribution in [0.1, 0.15) is 37.7 Å². The van der Waals surface area contributed by atoms with Gasteiger partial charge in [0, 0.05) is 19.6 Å². The zero-order valence-corrected chi connectivity index (χ0v) is 15.3. The van der Waals surface area contributed by atoms with Crippen LogP contribution in [0.3, 0.4) is 0 Å². The molecule has 27 heavy (non-hydrogen) atoms. The first-order valence-electron chi connectivity index (χ1n) is 9.56. The summed E-state index contributed by atoms with van der Waals surface area (Å²) < 4.78 is 45.2. The van der Waals surface area contributed by atoms with E-state index >= 15 is 0 Å². The van der Waals surface area contributed by atoms with Gasteiger partial charge in [0.1, 0.15) is 5.75 Å². The van der Waals surface area contributed by atoms with Gasteiger partial charge >= 0.3 is 12.1 Å². The Bertz CT molecular complexity index is 644. The summed E-state index contributed by atoms with van der Waals surface area (Å²) in [5.41, 5.74) is 0.836. The van der Waals surface area contributed by atoms with Crippen LogP contribution >= 0.6 is 0 Å². The second-order valence-electron chi connectivity index (χ2n) is 7.75. The van der Waals surface area contributed by atoms with Crippen LogP contribution in [-0.4, -0.2) is 41.8 Å². The predicted molar refractivity (Wildman–Crippen MR) is 94.5 cm³/mol. The Morgan fingerprint density at radius 3 is 2.56 bits per heavy atom. The summed E-state index contributed by atoms with van der Waals surface area (Å²) in [6, 6.07) is 7.37. The lowest BCUT2D eigenvalue weighted by molar-refractivity contribution is -0.188. The molecule has 0 amide bonds. The molecule has 1 aliphatic heterocycles. The standard InChI is InChI=1S/C20H26F3NO3/c21-20(22,23)18-12-24(11-17(18)19(25)26)10-15-7-4-8-16(9-15)27-13-14-5-2-1-3-6-14/h4,7-9,14,17-18H,1-3,5-6,10-13H2,(H,25,26)/t17-,18-/m1/s1.